The molecule has 0 unspecified atom stereocenters. The van der Waals surface area contributed by atoms with Gasteiger partial charge < -0.3 is 17.5 Å². The third-order valence-electron chi connectivity index (χ3n) is 4.43. The fourth-order valence-corrected chi connectivity index (χ4v) is 4.37. The van der Waals surface area contributed by atoms with Crippen molar-refractivity contribution in [3.05, 3.63) is 83.9 Å². The Morgan fingerprint density at radius 1 is 0.931 bits per heavy atom. The SMILES string of the molecule is O=C(O)CSc1c(-c2ccccc2)[nH+]c2ccc(Cl)cc2c1-c1ccccc1.[Cl-]. The van der Waals surface area contributed by atoms with Gasteiger partial charge in [-0.1, -0.05) is 60.1 Å². The van der Waals surface area contributed by atoms with E-state index >= 15 is 0 Å². The molecule has 4 rings (SSSR count). The molecule has 0 fully saturated rings. The summed E-state index contributed by atoms with van der Waals surface area (Å²) in [6, 6.07) is 25.7. The van der Waals surface area contributed by atoms with E-state index in [4.69, 9.17) is 11.6 Å². The fraction of sp³-hybridized carbons (Fsp3) is 0.0435. The molecule has 0 aliphatic heterocycles. The predicted molar refractivity (Wildman–Crippen MR) is 115 cm³/mol. The van der Waals surface area contributed by atoms with E-state index in [1.807, 2.05) is 78.9 Å². The number of pyridine rings is 1. The monoisotopic (exact) mass is 441 g/mol. The molecule has 6 heteroatoms. The molecule has 0 amide bonds. The summed E-state index contributed by atoms with van der Waals surface area (Å²) in [6.45, 7) is 0. The summed E-state index contributed by atoms with van der Waals surface area (Å²) in [5, 5.41) is 10.9. The van der Waals surface area contributed by atoms with Gasteiger partial charge in [0, 0.05) is 22.2 Å². The number of aromatic nitrogens is 1. The number of rotatable bonds is 5. The van der Waals surface area contributed by atoms with Crippen molar-refractivity contribution in [2.24, 2.45) is 0 Å². The molecule has 146 valence electrons. The Balaban J connectivity index is 0.00000240. The molecule has 0 atom stereocenters. The molecule has 0 bridgehead atoms. The molecule has 2 N–H and O–H groups in total. The van der Waals surface area contributed by atoms with Crippen molar-refractivity contribution in [1.82, 2.24) is 0 Å². The normalized spacial score (nSPS) is 10.5. The minimum atomic E-state index is -0.853. The lowest BCUT2D eigenvalue weighted by atomic mass is 9.98. The molecule has 0 aliphatic rings. The zero-order valence-electron chi connectivity index (χ0n) is 15.2. The molecule has 0 saturated carbocycles. The highest BCUT2D eigenvalue weighted by molar-refractivity contribution is 8.00. The standard InChI is InChI=1S/C23H16ClNO2S.ClH/c24-17-11-12-19-18(13-17)21(15-7-3-1-4-8-15)23(28-14-20(26)27)22(25-19)16-9-5-2-6-10-16;/h1-13H,14H2,(H,26,27);1H. The first kappa shape index (κ1) is 21.2. The van der Waals surface area contributed by atoms with E-state index in [-0.39, 0.29) is 18.2 Å². The number of hydrogen-bond donors (Lipinski definition) is 1. The highest BCUT2D eigenvalue weighted by atomic mass is 35.5. The summed E-state index contributed by atoms with van der Waals surface area (Å²) < 4.78 is 0. The Hall–Kier alpha value is -2.53. The number of carboxylic acid groups (broad SMARTS) is 1. The first-order valence-corrected chi connectivity index (χ1v) is 10.1. The lowest BCUT2D eigenvalue weighted by Gasteiger charge is -2.13. The van der Waals surface area contributed by atoms with E-state index < -0.39 is 5.97 Å². The number of halogens is 2. The Labute approximate surface area is 184 Å². The Morgan fingerprint density at radius 2 is 1.55 bits per heavy atom. The predicted octanol–water partition coefficient (Wildman–Crippen LogP) is 2.82. The van der Waals surface area contributed by atoms with E-state index in [0.29, 0.717) is 5.02 Å². The van der Waals surface area contributed by atoms with Crippen molar-refractivity contribution in [2.45, 2.75) is 4.90 Å². The van der Waals surface area contributed by atoms with Gasteiger partial charge >= 0.3 is 5.97 Å². The third kappa shape index (κ3) is 4.56. The highest BCUT2D eigenvalue weighted by Gasteiger charge is 2.24. The second-order valence-corrected chi connectivity index (χ2v) is 7.73. The van der Waals surface area contributed by atoms with Crippen LogP contribution in [0.5, 0.6) is 0 Å². The van der Waals surface area contributed by atoms with Crippen LogP contribution in [0.2, 0.25) is 5.02 Å². The molecule has 4 aromatic rings. The van der Waals surface area contributed by atoms with Gasteiger partial charge in [0.15, 0.2) is 0 Å². The van der Waals surface area contributed by atoms with E-state index in [0.717, 1.165) is 38.2 Å². The minimum Gasteiger partial charge on any atom is -1.00 e. The molecular formula is C23H17Cl2NO2S. The number of fused-ring (bicyclic) bond motifs is 1. The van der Waals surface area contributed by atoms with Crippen LogP contribution >= 0.6 is 23.4 Å². The van der Waals surface area contributed by atoms with Crippen LogP contribution < -0.4 is 17.4 Å². The van der Waals surface area contributed by atoms with E-state index in [2.05, 4.69) is 4.98 Å². The summed E-state index contributed by atoms with van der Waals surface area (Å²) in [6.07, 6.45) is 0. The number of nitrogens with one attached hydrogen (secondary N) is 1. The van der Waals surface area contributed by atoms with Gasteiger partial charge in [-0.05, 0) is 29.8 Å². The number of aromatic amines is 1. The van der Waals surface area contributed by atoms with Gasteiger partial charge in [-0.25, -0.2) is 4.98 Å². The van der Waals surface area contributed by atoms with Gasteiger partial charge in [-0.3, -0.25) is 4.79 Å². The minimum absolute atomic E-state index is 0. The fourth-order valence-electron chi connectivity index (χ4n) is 3.25. The van der Waals surface area contributed by atoms with E-state index in [9.17, 15) is 9.90 Å². The van der Waals surface area contributed by atoms with Crippen molar-refractivity contribution >= 4 is 40.2 Å². The van der Waals surface area contributed by atoms with Gasteiger partial charge in [-0.2, -0.15) is 0 Å². The maximum atomic E-state index is 11.3. The second-order valence-electron chi connectivity index (χ2n) is 6.31. The molecule has 3 aromatic carbocycles. The van der Waals surface area contributed by atoms with Gasteiger partial charge in [0.2, 0.25) is 11.2 Å². The largest absolute Gasteiger partial charge is 1.00 e. The van der Waals surface area contributed by atoms with E-state index in [1.165, 1.54) is 11.8 Å². The summed E-state index contributed by atoms with van der Waals surface area (Å²) >= 11 is 7.62. The van der Waals surface area contributed by atoms with Crippen LogP contribution in [-0.4, -0.2) is 16.8 Å². The number of aliphatic carboxylic acids is 1. The number of carbonyl (C=O) groups is 1. The number of H-pyrrole nitrogens is 1. The first-order chi connectivity index (χ1) is 13.6. The number of carboxylic acids is 1. The summed E-state index contributed by atoms with van der Waals surface area (Å²) in [5.74, 6) is -0.881. The molecular weight excluding hydrogens is 425 g/mol. The van der Waals surface area contributed by atoms with Crippen molar-refractivity contribution in [3.63, 3.8) is 0 Å². The molecule has 0 aliphatic carbocycles. The summed E-state index contributed by atoms with van der Waals surface area (Å²) in [5.41, 5.74) is 4.86. The van der Waals surface area contributed by atoms with Crippen LogP contribution in [0, 0.1) is 0 Å². The van der Waals surface area contributed by atoms with Crippen molar-refractivity contribution < 1.29 is 27.3 Å². The van der Waals surface area contributed by atoms with Crippen LogP contribution in [0.15, 0.2) is 83.8 Å². The summed E-state index contributed by atoms with van der Waals surface area (Å²) in [7, 11) is 0. The lowest BCUT2D eigenvalue weighted by Crippen LogP contribution is -3.00. The van der Waals surface area contributed by atoms with Crippen LogP contribution in [0.4, 0.5) is 0 Å². The first-order valence-electron chi connectivity index (χ1n) is 8.77. The van der Waals surface area contributed by atoms with Gasteiger partial charge in [0.05, 0.1) is 16.0 Å². The molecule has 3 nitrogen and oxygen atoms in total. The van der Waals surface area contributed by atoms with Crippen LogP contribution in [0.3, 0.4) is 0 Å². The average molecular weight is 442 g/mol. The Morgan fingerprint density at radius 3 is 2.17 bits per heavy atom. The van der Waals surface area contributed by atoms with Crippen LogP contribution in [0.1, 0.15) is 0 Å². The topological polar surface area (TPSA) is 51.4 Å². The molecule has 0 spiro atoms. The molecule has 29 heavy (non-hydrogen) atoms. The Kier molecular flexibility index (Phi) is 6.80. The Bertz CT molecular complexity index is 1150. The van der Waals surface area contributed by atoms with Crippen molar-refractivity contribution in [3.8, 4) is 22.4 Å². The van der Waals surface area contributed by atoms with Crippen molar-refractivity contribution in [1.29, 1.82) is 0 Å². The van der Waals surface area contributed by atoms with Crippen LogP contribution in [-0.2, 0) is 4.79 Å². The zero-order chi connectivity index (χ0) is 19.5. The number of benzene rings is 3. The zero-order valence-corrected chi connectivity index (χ0v) is 17.6. The summed E-state index contributed by atoms with van der Waals surface area (Å²) in [4.78, 5) is 15.7. The van der Waals surface area contributed by atoms with Gasteiger partial charge in [-0.15, -0.1) is 11.8 Å². The molecule has 1 heterocycles. The molecule has 0 radical (unpaired) electrons. The van der Waals surface area contributed by atoms with Gasteiger partial charge in [0.25, 0.3) is 0 Å². The second kappa shape index (κ2) is 9.31. The highest BCUT2D eigenvalue weighted by Crippen LogP contribution is 2.41. The maximum Gasteiger partial charge on any atom is 0.313 e. The van der Waals surface area contributed by atoms with Crippen molar-refractivity contribution in [2.75, 3.05) is 5.75 Å². The number of thioether (sulfide) groups is 1. The van der Waals surface area contributed by atoms with Gasteiger partial charge in [0.1, 0.15) is 0 Å². The molecule has 0 saturated heterocycles. The average Bonchev–Trinajstić information content (AvgIpc) is 2.72. The quantitative estimate of drug-likeness (QED) is 0.484. The lowest BCUT2D eigenvalue weighted by molar-refractivity contribution is -0.333. The van der Waals surface area contributed by atoms with Crippen LogP contribution in [0.25, 0.3) is 33.3 Å². The molecule has 1 aromatic heterocycles. The third-order valence-corrected chi connectivity index (χ3v) is 5.75. The van der Waals surface area contributed by atoms with E-state index in [1.54, 1.807) is 0 Å². The maximum absolute atomic E-state index is 11.3. The number of hydrogen-bond acceptors (Lipinski definition) is 2. The smallest absolute Gasteiger partial charge is 0.313 e.